The van der Waals surface area contributed by atoms with Crippen LogP contribution in [0.4, 0.5) is 14.5 Å². The van der Waals surface area contributed by atoms with Gasteiger partial charge in [-0.05, 0) is 43.5 Å². The van der Waals surface area contributed by atoms with Gasteiger partial charge in [-0.3, -0.25) is 9.78 Å². The average Bonchev–Trinajstić information content (AvgIpc) is 2.59. The van der Waals surface area contributed by atoms with E-state index in [-0.39, 0.29) is 25.1 Å². The lowest BCUT2D eigenvalue weighted by Crippen LogP contribution is -2.59. The predicted octanol–water partition coefficient (Wildman–Crippen LogP) is 3.15. The molecule has 1 aliphatic rings. The van der Waals surface area contributed by atoms with Gasteiger partial charge in [-0.2, -0.15) is 8.78 Å². The van der Waals surface area contributed by atoms with Gasteiger partial charge in [0.15, 0.2) is 0 Å². The lowest BCUT2D eigenvalue weighted by atomic mass is 9.75. The minimum Gasteiger partial charge on any atom is -0.487 e. The van der Waals surface area contributed by atoms with E-state index in [4.69, 9.17) is 4.74 Å². The Labute approximate surface area is 143 Å². The Morgan fingerprint density at radius 3 is 2.72 bits per heavy atom. The van der Waals surface area contributed by atoms with Crippen LogP contribution >= 0.6 is 0 Å². The van der Waals surface area contributed by atoms with Crippen molar-refractivity contribution in [2.24, 2.45) is 0 Å². The van der Waals surface area contributed by atoms with Crippen molar-refractivity contribution in [1.82, 2.24) is 4.98 Å². The van der Waals surface area contributed by atoms with Gasteiger partial charge in [0.25, 0.3) is 5.91 Å². The molecular formula is C18H18F2N2O3. The van der Waals surface area contributed by atoms with Gasteiger partial charge in [0, 0.05) is 18.0 Å². The first-order chi connectivity index (χ1) is 11.9. The molecule has 2 N–H and O–H groups in total. The fourth-order valence-corrected chi connectivity index (χ4v) is 2.55. The third kappa shape index (κ3) is 3.61. The van der Waals surface area contributed by atoms with Crippen LogP contribution in [-0.4, -0.2) is 27.5 Å². The van der Waals surface area contributed by atoms with Crippen LogP contribution in [0.1, 0.15) is 25.0 Å². The summed E-state index contributed by atoms with van der Waals surface area (Å²) in [5.41, 5.74) is -1.36. The number of alkyl halides is 2. The molecule has 0 saturated heterocycles. The van der Waals surface area contributed by atoms with Gasteiger partial charge < -0.3 is 15.2 Å². The molecule has 132 valence electrons. The van der Waals surface area contributed by atoms with Crippen LogP contribution in [0, 0.1) is 0 Å². The number of carbonyl (C=O) groups is 1. The Morgan fingerprint density at radius 1 is 1.28 bits per heavy atom. The summed E-state index contributed by atoms with van der Waals surface area (Å²) < 4.78 is 33.8. The minimum absolute atomic E-state index is 0.0827. The zero-order chi connectivity index (χ0) is 17.9. The molecule has 0 bridgehead atoms. The molecule has 0 atom stereocenters. The number of nitrogens with one attached hydrogen (secondary N) is 1. The highest BCUT2D eigenvalue weighted by molar-refractivity contribution is 5.97. The van der Waals surface area contributed by atoms with Crippen LogP contribution in [0.2, 0.25) is 0 Å². The quantitative estimate of drug-likeness (QED) is 0.841. The van der Waals surface area contributed by atoms with Gasteiger partial charge in [0.1, 0.15) is 18.0 Å². The van der Waals surface area contributed by atoms with Crippen molar-refractivity contribution in [3.05, 3.63) is 54.4 Å². The van der Waals surface area contributed by atoms with Crippen LogP contribution < -0.4 is 10.1 Å². The van der Waals surface area contributed by atoms with Crippen LogP contribution in [0.15, 0.2) is 48.7 Å². The summed E-state index contributed by atoms with van der Waals surface area (Å²) in [5.74, 6) is -4.94. The second-order valence-corrected chi connectivity index (χ2v) is 6.05. The van der Waals surface area contributed by atoms with Crippen LogP contribution in [0.25, 0.3) is 0 Å². The van der Waals surface area contributed by atoms with Gasteiger partial charge >= 0.3 is 5.92 Å². The summed E-state index contributed by atoms with van der Waals surface area (Å²) in [4.78, 5) is 16.0. The molecule has 1 aromatic carbocycles. The molecule has 1 amide bonds. The van der Waals surface area contributed by atoms with Crippen molar-refractivity contribution in [2.45, 2.75) is 37.4 Å². The van der Waals surface area contributed by atoms with E-state index >= 15 is 0 Å². The van der Waals surface area contributed by atoms with Crippen molar-refractivity contribution >= 4 is 11.6 Å². The number of ether oxygens (including phenoxy) is 1. The maximum atomic E-state index is 14.1. The number of aliphatic hydroxyl groups is 1. The first-order valence-corrected chi connectivity index (χ1v) is 7.95. The number of carbonyl (C=O) groups excluding carboxylic acids is 1. The highest BCUT2D eigenvalue weighted by Gasteiger charge is 2.61. The molecule has 7 heteroatoms. The number of hydrogen-bond donors (Lipinski definition) is 2. The van der Waals surface area contributed by atoms with E-state index < -0.39 is 17.4 Å². The maximum absolute atomic E-state index is 14.1. The summed E-state index contributed by atoms with van der Waals surface area (Å²) >= 11 is 0. The fraction of sp³-hybridized carbons (Fsp3) is 0.333. The van der Waals surface area contributed by atoms with Crippen molar-refractivity contribution in [1.29, 1.82) is 0 Å². The van der Waals surface area contributed by atoms with E-state index in [1.165, 1.54) is 12.1 Å². The molecule has 1 heterocycles. The maximum Gasteiger partial charge on any atom is 0.352 e. The van der Waals surface area contributed by atoms with Crippen LogP contribution in [-0.2, 0) is 11.4 Å². The Hall–Kier alpha value is -2.54. The van der Waals surface area contributed by atoms with Crippen molar-refractivity contribution < 1.29 is 23.4 Å². The lowest BCUT2D eigenvalue weighted by Gasteiger charge is -2.41. The van der Waals surface area contributed by atoms with Crippen LogP contribution in [0.3, 0.4) is 0 Å². The van der Waals surface area contributed by atoms with Gasteiger partial charge in [-0.15, -0.1) is 0 Å². The number of hydrogen-bond acceptors (Lipinski definition) is 4. The van der Waals surface area contributed by atoms with E-state index in [1.807, 2.05) is 6.07 Å². The molecule has 5 nitrogen and oxygen atoms in total. The standard InChI is InChI=1S/C18H18F2N2O3/c19-18(20,17(24)8-4-9-17)16(23)22-13-6-3-7-15(11-13)25-12-14-5-1-2-10-21-14/h1-3,5-7,10-11,24H,4,8-9,12H2,(H,22,23). The zero-order valence-electron chi connectivity index (χ0n) is 13.4. The van der Waals surface area contributed by atoms with Gasteiger partial charge in [-0.1, -0.05) is 12.1 Å². The average molecular weight is 348 g/mol. The van der Waals surface area contributed by atoms with E-state index in [1.54, 1.807) is 30.5 Å². The normalized spacial score (nSPS) is 16.0. The summed E-state index contributed by atoms with van der Waals surface area (Å²) in [7, 11) is 0. The molecule has 1 aromatic heterocycles. The number of nitrogens with zero attached hydrogens (tertiary/aromatic N) is 1. The van der Waals surface area contributed by atoms with E-state index in [0.717, 1.165) is 5.69 Å². The zero-order valence-corrected chi connectivity index (χ0v) is 13.4. The monoisotopic (exact) mass is 348 g/mol. The van der Waals surface area contributed by atoms with Crippen molar-refractivity contribution in [2.75, 3.05) is 5.32 Å². The highest BCUT2D eigenvalue weighted by atomic mass is 19.3. The summed E-state index contributed by atoms with van der Waals surface area (Å²) in [6.45, 7) is 0.216. The summed E-state index contributed by atoms with van der Waals surface area (Å²) in [6.07, 6.45) is 1.96. The Morgan fingerprint density at radius 2 is 2.08 bits per heavy atom. The van der Waals surface area contributed by atoms with E-state index in [9.17, 15) is 18.7 Å². The molecular weight excluding hydrogens is 330 g/mol. The van der Waals surface area contributed by atoms with Crippen molar-refractivity contribution in [3.8, 4) is 5.75 Å². The molecule has 0 aliphatic heterocycles. The fourth-order valence-electron chi connectivity index (χ4n) is 2.55. The summed E-state index contributed by atoms with van der Waals surface area (Å²) in [5, 5.41) is 12.0. The Kier molecular flexibility index (Phi) is 4.67. The third-order valence-electron chi connectivity index (χ3n) is 4.26. The molecule has 1 fully saturated rings. The molecule has 0 unspecified atom stereocenters. The lowest BCUT2D eigenvalue weighted by molar-refractivity contribution is -0.212. The van der Waals surface area contributed by atoms with Crippen LogP contribution in [0.5, 0.6) is 5.75 Å². The number of pyridine rings is 1. The van der Waals surface area contributed by atoms with Gasteiger partial charge in [0.05, 0.1) is 5.69 Å². The van der Waals surface area contributed by atoms with Crippen molar-refractivity contribution in [3.63, 3.8) is 0 Å². The molecule has 0 spiro atoms. The van der Waals surface area contributed by atoms with E-state index in [2.05, 4.69) is 10.3 Å². The number of amides is 1. The SMILES string of the molecule is O=C(Nc1cccc(OCc2ccccn2)c1)C(F)(F)C1(O)CCC1. The molecule has 2 aromatic rings. The summed E-state index contributed by atoms with van der Waals surface area (Å²) in [6, 6.07) is 11.6. The minimum atomic E-state index is -3.84. The van der Waals surface area contributed by atoms with Gasteiger partial charge in [-0.25, -0.2) is 0 Å². The number of aromatic nitrogens is 1. The largest absolute Gasteiger partial charge is 0.487 e. The number of anilines is 1. The number of benzene rings is 1. The number of halogens is 2. The topological polar surface area (TPSA) is 71.5 Å². The Bertz CT molecular complexity index is 749. The second-order valence-electron chi connectivity index (χ2n) is 6.05. The number of rotatable bonds is 6. The first-order valence-electron chi connectivity index (χ1n) is 7.95. The third-order valence-corrected chi connectivity index (χ3v) is 4.26. The molecule has 3 rings (SSSR count). The Balaban J connectivity index is 1.64. The van der Waals surface area contributed by atoms with E-state index in [0.29, 0.717) is 12.2 Å². The smallest absolute Gasteiger partial charge is 0.352 e. The molecule has 0 radical (unpaired) electrons. The predicted molar refractivity (Wildman–Crippen MR) is 87.4 cm³/mol. The highest BCUT2D eigenvalue weighted by Crippen LogP contribution is 2.44. The molecule has 1 saturated carbocycles. The van der Waals surface area contributed by atoms with Gasteiger partial charge in [0.2, 0.25) is 0 Å². The molecule has 25 heavy (non-hydrogen) atoms. The first kappa shape index (κ1) is 17.3. The molecule has 1 aliphatic carbocycles. The second kappa shape index (κ2) is 6.76.